The molecule has 0 aromatic carbocycles. The number of aliphatic carboxylic acids is 1. The smallest absolute Gasteiger partial charge is 0.475 e. The third-order valence-corrected chi connectivity index (χ3v) is 1.54. The van der Waals surface area contributed by atoms with E-state index in [1.807, 2.05) is 0 Å². The van der Waals surface area contributed by atoms with Crippen molar-refractivity contribution in [3.63, 3.8) is 0 Å². The predicted octanol–water partition coefficient (Wildman–Crippen LogP) is 0.628. The van der Waals surface area contributed by atoms with E-state index in [0.717, 1.165) is 6.61 Å². The second kappa shape index (κ2) is 5.82. The van der Waals surface area contributed by atoms with Crippen LogP contribution >= 0.6 is 0 Å². The van der Waals surface area contributed by atoms with E-state index in [0.29, 0.717) is 6.04 Å². The molecule has 1 rings (SSSR count). The Morgan fingerprint density at radius 2 is 2.07 bits per heavy atom. The minimum atomic E-state index is -5.08. The Bertz CT molecular complexity index is 180. The zero-order valence-corrected chi connectivity index (χ0v) is 7.60. The first-order chi connectivity index (χ1) is 6.38. The Morgan fingerprint density at radius 1 is 1.64 bits per heavy atom. The standard InChI is InChI=1S/C5H11NO.C2HF3O2/c1-7-4-5-2-3-6-5;3-2(4,5)1(6)7/h5-6H,2-4H2,1H3;(H,6,7). The van der Waals surface area contributed by atoms with Crippen LogP contribution < -0.4 is 5.32 Å². The number of hydrogen-bond donors (Lipinski definition) is 2. The maximum absolute atomic E-state index is 10.6. The fourth-order valence-corrected chi connectivity index (χ4v) is 0.692. The topological polar surface area (TPSA) is 58.6 Å². The van der Waals surface area contributed by atoms with Crippen LogP contribution in [0.1, 0.15) is 6.42 Å². The van der Waals surface area contributed by atoms with Crippen molar-refractivity contribution in [1.82, 2.24) is 5.32 Å². The first kappa shape index (κ1) is 13.2. The second-order valence-corrected chi connectivity index (χ2v) is 2.70. The molecule has 0 aromatic heterocycles. The summed E-state index contributed by atoms with van der Waals surface area (Å²) in [5.41, 5.74) is 0. The molecule has 1 atom stereocenters. The van der Waals surface area contributed by atoms with Crippen molar-refractivity contribution >= 4 is 5.97 Å². The van der Waals surface area contributed by atoms with Crippen LogP contribution in [0.15, 0.2) is 0 Å². The highest BCUT2D eigenvalue weighted by Crippen LogP contribution is 2.13. The van der Waals surface area contributed by atoms with Crippen LogP contribution in [-0.2, 0) is 9.53 Å². The molecule has 2 N–H and O–H groups in total. The van der Waals surface area contributed by atoms with Crippen molar-refractivity contribution < 1.29 is 27.8 Å². The number of carbonyl (C=O) groups is 1. The molecule has 7 heteroatoms. The highest BCUT2D eigenvalue weighted by Gasteiger charge is 2.38. The lowest BCUT2D eigenvalue weighted by atomic mass is 10.1. The number of methoxy groups -OCH3 is 1. The number of rotatable bonds is 2. The van der Waals surface area contributed by atoms with Crippen molar-refractivity contribution in [2.24, 2.45) is 0 Å². The van der Waals surface area contributed by atoms with Gasteiger partial charge in [0.15, 0.2) is 0 Å². The maximum Gasteiger partial charge on any atom is 0.490 e. The quantitative estimate of drug-likeness (QED) is 0.709. The lowest BCUT2D eigenvalue weighted by Crippen LogP contribution is -2.45. The van der Waals surface area contributed by atoms with Crippen molar-refractivity contribution in [1.29, 1.82) is 0 Å². The highest BCUT2D eigenvalue weighted by molar-refractivity contribution is 5.73. The normalized spacial score (nSPS) is 20.4. The van der Waals surface area contributed by atoms with Gasteiger partial charge < -0.3 is 15.2 Å². The van der Waals surface area contributed by atoms with Crippen LogP contribution in [-0.4, -0.2) is 43.6 Å². The van der Waals surface area contributed by atoms with Gasteiger partial charge in [-0.3, -0.25) is 0 Å². The molecular formula is C7H12F3NO3. The molecule has 1 aliphatic heterocycles. The largest absolute Gasteiger partial charge is 0.490 e. The Hall–Kier alpha value is -0.820. The van der Waals surface area contributed by atoms with E-state index in [4.69, 9.17) is 14.6 Å². The van der Waals surface area contributed by atoms with Crippen LogP contribution in [0.2, 0.25) is 0 Å². The molecule has 0 radical (unpaired) electrons. The molecule has 0 aliphatic carbocycles. The van der Waals surface area contributed by atoms with E-state index >= 15 is 0 Å². The lowest BCUT2D eigenvalue weighted by molar-refractivity contribution is -0.192. The average Bonchev–Trinajstić information content (AvgIpc) is 1.96. The summed E-state index contributed by atoms with van der Waals surface area (Å²) >= 11 is 0. The number of halogens is 3. The minimum Gasteiger partial charge on any atom is -0.475 e. The third kappa shape index (κ3) is 5.76. The van der Waals surface area contributed by atoms with Gasteiger partial charge in [0.2, 0.25) is 0 Å². The molecular weight excluding hydrogens is 203 g/mol. The van der Waals surface area contributed by atoms with Gasteiger partial charge in [-0.15, -0.1) is 0 Å². The van der Waals surface area contributed by atoms with E-state index in [1.54, 1.807) is 7.11 Å². The average molecular weight is 215 g/mol. The predicted molar refractivity (Wildman–Crippen MR) is 42.0 cm³/mol. The van der Waals surface area contributed by atoms with Gasteiger partial charge in [-0.05, 0) is 13.0 Å². The summed E-state index contributed by atoms with van der Waals surface area (Å²) in [5.74, 6) is -2.76. The van der Waals surface area contributed by atoms with Gasteiger partial charge in [0.1, 0.15) is 0 Å². The monoisotopic (exact) mass is 215 g/mol. The van der Waals surface area contributed by atoms with Crippen molar-refractivity contribution in [2.75, 3.05) is 20.3 Å². The van der Waals surface area contributed by atoms with Gasteiger partial charge in [-0.2, -0.15) is 13.2 Å². The zero-order valence-electron chi connectivity index (χ0n) is 7.60. The highest BCUT2D eigenvalue weighted by atomic mass is 19.4. The van der Waals surface area contributed by atoms with Crippen molar-refractivity contribution in [3.05, 3.63) is 0 Å². The van der Waals surface area contributed by atoms with E-state index in [-0.39, 0.29) is 0 Å². The van der Waals surface area contributed by atoms with Gasteiger partial charge in [-0.25, -0.2) is 4.79 Å². The molecule has 84 valence electrons. The van der Waals surface area contributed by atoms with Crippen LogP contribution in [0.25, 0.3) is 0 Å². The molecule has 1 fully saturated rings. The Kier molecular flexibility index (Phi) is 5.47. The Labute approximate surface area is 79.0 Å². The van der Waals surface area contributed by atoms with E-state index in [9.17, 15) is 13.2 Å². The number of carboxylic acid groups (broad SMARTS) is 1. The van der Waals surface area contributed by atoms with Gasteiger partial charge in [0.05, 0.1) is 6.61 Å². The molecule has 0 spiro atoms. The minimum absolute atomic E-state index is 0.657. The third-order valence-electron chi connectivity index (χ3n) is 1.54. The van der Waals surface area contributed by atoms with Gasteiger partial charge >= 0.3 is 12.1 Å². The number of carboxylic acids is 1. The van der Waals surface area contributed by atoms with Crippen LogP contribution in [0.4, 0.5) is 13.2 Å². The van der Waals surface area contributed by atoms with Crippen LogP contribution in [0, 0.1) is 0 Å². The fraction of sp³-hybridized carbons (Fsp3) is 0.857. The van der Waals surface area contributed by atoms with Gasteiger partial charge in [0.25, 0.3) is 0 Å². The van der Waals surface area contributed by atoms with Gasteiger partial charge in [0, 0.05) is 13.2 Å². The second-order valence-electron chi connectivity index (χ2n) is 2.70. The number of alkyl halides is 3. The summed E-state index contributed by atoms with van der Waals surface area (Å²) in [6.07, 6.45) is -3.80. The molecule has 0 bridgehead atoms. The van der Waals surface area contributed by atoms with Crippen LogP contribution in [0.5, 0.6) is 0 Å². The molecule has 1 aliphatic rings. The first-order valence-electron chi connectivity index (χ1n) is 3.90. The zero-order chi connectivity index (χ0) is 11.2. The van der Waals surface area contributed by atoms with Crippen molar-refractivity contribution in [3.8, 4) is 0 Å². The lowest BCUT2D eigenvalue weighted by Gasteiger charge is -2.26. The molecule has 0 aromatic rings. The molecule has 1 saturated heterocycles. The summed E-state index contributed by atoms with van der Waals surface area (Å²) in [5, 5.41) is 10.3. The van der Waals surface area contributed by atoms with E-state index in [2.05, 4.69) is 5.32 Å². The molecule has 0 amide bonds. The van der Waals surface area contributed by atoms with Crippen molar-refractivity contribution in [2.45, 2.75) is 18.6 Å². The molecule has 0 saturated carbocycles. The molecule has 1 heterocycles. The Balaban J connectivity index is 0.000000241. The SMILES string of the molecule is COCC1CCN1.O=C(O)C(F)(F)F. The maximum atomic E-state index is 10.6. The summed E-state index contributed by atoms with van der Waals surface area (Å²) < 4.78 is 36.6. The summed E-state index contributed by atoms with van der Waals surface area (Å²) in [6, 6.07) is 0.657. The van der Waals surface area contributed by atoms with E-state index in [1.165, 1.54) is 13.0 Å². The Morgan fingerprint density at radius 3 is 2.14 bits per heavy atom. The molecule has 4 nitrogen and oxygen atoms in total. The summed E-state index contributed by atoms with van der Waals surface area (Å²) in [7, 11) is 1.74. The number of hydrogen-bond acceptors (Lipinski definition) is 3. The summed E-state index contributed by atoms with van der Waals surface area (Å²) in [6.45, 7) is 2.05. The first-order valence-corrected chi connectivity index (χ1v) is 3.90. The number of nitrogens with one attached hydrogen (secondary N) is 1. The molecule has 14 heavy (non-hydrogen) atoms. The summed E-state index contributed by atoms with van der Waals surface area (Å²) in [4.78, 5) is 8.90. The number of ether oxygens (including phenoxy) is 1. The van der Waals surface area contributed by atoms with E-state index < -0.39 is 12.1 Å². The fourth-order valence-electron chi connectivity index (χ4n) is 0.692. The molecule has 1 unspecified atom stereocenters. The van der Waals surface area contributed by atoms with Crippen LogP contribution in [0.3, 0.4) is 0 Å². The van der Waals surface area contributed by atoms with Gasteiger partial charge in [-0.1, -0.05) is 0 Å².